The molecule has 4 aromatic carbocycles. The first-order valence-electron chi connectivity index (χ1n) is 11.3. The van der Waals surface area contributed by atoms with Gasteiger partial charge in [-0.25, -0.2) is 4.39 Å². The smallest absolute Gasteiger partial charge is 0.379 e. The predicted molar refractivity (Wildman–Crippen MR) is 132 cm³/mol. The van der Waals surface area contributed by atoms with Crippen LogP contribution in [0, 0.1) is 5.82 Å². The van der Waals surface area contributed by atoms with Crippen molar-refractivity contribution in [1.29, 1.82) is 0 Å². The molecule has 0 aliphatic carbocycles. The second-order valence-electron chi connectivity index (χ2n) is 8.36. The summed E-state index contributed by atoms with van der Waals surface area (Å²) in [7, 11) is 0. The number of anilines is 4. The molecule has 0 saturated heterocycles. The summed E-state index contributed by atoms with van der Waals surface area (Å²) in [6.45, 7) is 0.533. The van der Waals surface area contributed by atoms with Crippen LogP contribution in [0.5, 0.6) is 0 Å². The third kappa shape index (κ3) is 4.75. The van der Waals surface area contributed by atoms with E-state index in [1.54, 1.807) is 4.90 Å². The highest BCUT2D eigenvalue weighted by Crippen LogP contribution is 2.39. The molecule has 0 aromatic heterocycles. The predicted octanol–water partition coefficient (Wildman–Crippen LogP) is 7.00. The highest BCUT2D eigenvalue weighted by Gasteiger charge is 2.35. The second kappa shape index (κ2) is 9.42. The van der Waals surface area contributed by atoms with Gasteiger partial charge in [0.1, 0.15) is 5.82 Å². The number of carbonyl (C=O) groups is 2. The third-order valence-electron chi connectivity index (χ3n) is 5.97. The van der Waals surface area contributed by atoms with Gasteiger partial charge in [0.15, 0.2) is 0 Å². The summed E-state index contributed by atoms with van der Waals surface area (Å²) in [5.74, 6) is -2.47. The Morgan fingerprint density at radius 1 is 0.838 bits per heavy atom. The van der Waals surface area contributed by atoms with Gasteiger partial charge in [0.25, 0.3) is 11.8 Å². The van der Waals surface area contributed by atoms with Crippen molar-refractivity contribution in [3.05, 3.63) is 119 Å². The number of hydrogen-bond acceptors (Lipinski definition) is 3. The quantitative estimate of drug-likeness (QED) is 0.295. The van der Waals surface area contributed by atoms with E-state index in [4.69, 9.17) is 0 Å². The van der Waals surface area contributed by atoms with E-state index in [0.717, 1.165) is 29.1 Å². The Morgan fingerprint density at radius 2 is 1.51 bits per heavy atom. The molecule has 4 aromatic rings. The van der Waals surface area contributed by atoms with Crippen LogP contribution in [0.3, 0.4) is 0 Å². The Kier molecular flexibility index (Phi) is 6.12. The van der Waals surface area contributed by atoms with Crippen molar-refractivity contribution < 1.29 is 27.2 Å². The van der Waals surface area contributed by atoms with Gasteiger partial charge in [0.2, 0.25) is 0 Å². The van der Waals surface area contributed by atoms with Crippen molar-refractivity contribution in [1.82, 2.24) is 0 Å². The number of alkyl halides is 3. The first-order chi connectivity index (χ1) is 17.7. The number of carbonyl (C=O) groups excluding carboxylic acids is 2. The molecule has 0 radical (unpaired) electrons. The Hall–Kier alpha value is -4.66. The van der Waals surface area contributed by atoms with Crippen LogP contribution in [0.25, 0.3) is 0 Å². The van der Waals surface area contributed by atoms with E-state index in [2.05, 4.69) is 10.6 Å². The molecule has 1 heterocycles. The van der Waals surface area contributed by atoms with E-state index >= 15 is 0 Å². The molecular formula is C28H19F4N3O2. The van der Waals surface area contributed by atoms with E-state index in [1.165, 1.54) is 24.3 Å². The monoisotopic (exact) mass is 505 g/mol. The zero-order valence-corrected chi connectivity index (χ0v) is 19.1. The third-order valence-corrected chi connectivity index (χ3v) is 5.97. The molecule has 0 saturated carbocycles. The van der Waals surface area contributed by atoms with Gasteiger partial charge >= 0.3 is 6.18 Å². The average molecular weight is 505 g/mol. The largest absolute Gasteiger partial charge is 0.417 e. The molecule has 0 bridgehead atoms. The van der Waals surface area contributed by atoms with Gasteiger partial charge in [0, 0.05) is 17.8 Å². The summed E-state index contributed by atoms with van der Waals surface area (Å²) in [6, 6.07) is 22.6. The summed E-state index contributed by atoms with van der Waals surface area (Å²) in [4.78, 5) is 27.8. The summed E-state index contributed by atoms with van der Waals surface area (Å²) < 4.78 is 53.3. The van der Waals surface area contributed by atoms with Crippen LogP contribution in [-0.4, -0.2) is 11.8 Å². The van der Waals surface area contributed by atoms with Crippen LogP contribution in [0.4, 0.5) is 40.3 Å². The minimum absolute atomic E-state index is 0.178. The molecule has 0 atom stereocenters. The summed E-state index contributed by atoms with van der Waals surface area (Å²) in [5.41, 5.74) is 1.51. The van der Waals surface area contributed by atoms with Crippen LogP contribution in [0.15, 0.2) is 91.0 Å². The number of hydrogen-bond donors (Lipinski definition) is 2. The first-order valence-corrected chi connectivity index (χ1v) is 11.3. The lowest BCUT2D eigenvalue weighted by atomic mass is 10.1. The Balaban J connectivity index is 1.43. The Labute approximate surface area is 209 Å². The molecule has 2 N–H and O–H groups in total. The Bertz CT molecular complexity index is 1450. The lowest BCUT2D eigenvalue weighted by molar-refractivity contribution is -0.138. The fourth-order valence-corrected chi connectivity index (χ4v) is 4.21. The summed E-state index contributed by atoms with van der Waals surface area (Å²) in [6.07, 6.45) is -4.90. The van der Waals surface area contributed by atoms with Crippen LogP contribution >= 0.6 is 0 Å². The molecule has 2 amide bonds. The molecule has 37 heavy (non-hydrogen) atoms. The minimum Gasteiger partial charge on any atom is -0.379 e. The highest BCUT2D eigenvalue weighted by molar-refractivity contribution is 6.13. The lowest BCUT2D eigenvalue weighted by Crippen LogP contribution is -2.26. The molecule has 5 rings (SSSR count). The van der Waals surface area contributed by atoms with Crippen molar-refractivity contribution in [2.45, 2.75) is 12.7 Å². The van der Waals surface area contributed by atoms with Crippen LogP contribution in [-0.2, 0) is 12.7 Å². The van der Waals surface area contributed by atoms with E-state index in [-0.39, 0.29) is 17.7 Å². The number of halogens is 4. The van der Waals surface area contributed by atoms with Crippen molar-refractivity contribution in [2.75, 3.05) is 15.5 Å². The fourth-order valence-electron chi connectivity index (χ4n) is 4.21. The topological polar surface area (TPSA) is 61.4 Å². The number of fused-ring (bicyclic) bond motifs is 2. The van der Waals surface area contributed by atoms with Crippen molar-refractivity contribution in [3.8, 4) is 0 Å². The maximum Gasteiger partial charge on any atom is 0.417 e. The van der Waals surface area contributed by atoms with Crippen LogP contribution < -0.4 is 15.5 Å². The number of amides is 2. The van der Waals surface area contributed by atoms with Crippen molar-refractivity contribution in [3.63, 3.8) is 0 Å². The minimum atomic E-state index is -4.90. The molecule has 1 aliphatic heterocycles. The normalized spacial score (nSPS) is 12.6. The molecule has 186 valence electrons. The fraction of sp³-hybridized carbons (Fsp3) is 0.0714. The van der Waals surface area contributed by atoms with Gasteiger partial charge in [-0.15, -0.1) is 0 Å². The number of nitrogens with zero attached hydrogens (tertiary/aromatic N) is 1. The molecule has 0 spiro atoms. The Morgan fingerprint density at radius 3 is 2.24 bits per heavy atom. The van der Waals surface area contributed by atoms with Crippen LogP contribution in [0.2, 0.25) is 0 Å². The van der Waals surface area contributed by atoms with E-state index in [1.807, 2.05) is 48.5 Å². The maximum atomic E-state index is 13.7. The zero-order valence-electron chi connectivity index (χ0n) is 19.1. The van der Waals surface area contributed by atoms with E-state index in [9.17, 15) is 27.2 Å². The molecule has 1 aliphatic rings. The summed E-state index contributed by atoms with van der Waals surface area (Å²) in [5, 5.41) is 5.72. The maximum absolute atomic E-state index is 13.7. The molecule has 0 unspecified atom stereocenters. The van der Waals surface area contributed by atoms with Gasteiger partial charge < -0.3 is 10.6 Å². The zero-order chi connectivity index (χ0) is 26.2. The summed E-state index contributed by atoms with van der Waals surface area (Å²) >= 11 is 0. The average Bonchev–Trinajstić information content (AvgIpc) is 3.05. The van der Waals surface area contributed by atoms with Gasteiger partial charge in [-0.2, -0.15) is 13.2 Å². The first kappa shape index (κ1) is 24.1. The SMILES string of the molecule is O=C(Nc1ccc(C(=O)N2c3ccccc3CNc3ccccc32)cc1)c1ccc(F)cc1C(F)(F)F. The molecular weight excluding hydrogens is 486 g/mol. The van der Waals surface area contributed by atoms with Gasteiger partial charge in [-0.05, 0) is 66.2 Å². The lowest BCUT2D eigenvalue weighted by Gasteiger charge is -2.24. The standard InChI is InChI=1S/C28H19F4N3O2/c29-19-11-14-21(22(15-19)28(30,31)32)26(36)34-20-12-9-17(10-13-20)27(37)35-24-7-3-1-5-18(24)16-33-23-6-2-4-8-25(23)35/h1-15,33H,16H2,(H,34,36). The van der Waals surface area contributed by atoms with Crippen molar-refractivity contribution in [2.24, 2.45) is 0 Å². The van der Waals surface area contributed by atoms with Crippen LogP contribution in [0.1, 0.15) is 31.8 Å². The van der Waals surface area contributed by atoms with Gasteiger partial charge in [-0.1, -0.05) is 30.3 Å². The number of para-hydroxylation sites is 3. The second-order valence-corrected chi connectivity index (χ2v) is 8.36. The highest BCUT2D eigenvalue weighted by atomic mass is 19.4. The molecule has 0 fully saturated rings. The number of benzene rings is 4. The van der Waals surface area contributed by atoms with Gasteiger partial charge in [0.05, 0.1) is 28.2 Å². The number of rotatable bonds is 3. The van der Waals surface area contributed by atoms with Gasteiger partial charge in [-0.3, -0.25) is 14.5 Å². The van der Waals surface area contributed by atoms with E-state index in [0.29, 0.717) is 17.8 Å². The molecule has 9 heteroatoms. The van der Waals surface area contributed by atoms with E-state index < -0.39 is 29.0 Å². The molecule has 5 nitrogen and oxygen atoms in total. The van der Waals surface area contributed by atoms with Crippen molar-refractivity contribution >= 4 is 34.6 Å². The number of nitrogens with one attached hydrogen (secondary N) is 2.